The van der Waals surface area contributed by atoms with Crippen LogP contribution in [0.25, 0.3) is 5.52 Å². The Kier molecular flexibility index (Phi) is 3.16. The maximum Gasteiger partial charge on any atom is 0.356 e. The minimum atomic E-state index is -1.02. The van der Waals surface area contributed by atoms with Crippen molar-refractivity contribution >= 4 is 23.1 Å². The van der Waals surface area contributed by atoms with Gasteiger partial charge >= 0.3 is 5.97 Å². The van der Waals surface area contributed by atoms with E-state index in [1.807, 2.05) is 0 Å². The van der Waals surface area contributed by atoms with Crippen molar-refractivity contribution < 1.29 is 9.90 Å². The minimum Gasteiger partial charge on any atom is -0.476 e. The van der Waals surface area contributed by atoms with E-state index in [2.05, 4.69) is 10.3 Å². The van der Waals surface area contributed by atoms with Gasteiger partial charge in [-0.05, 0) is 31.5 Å². The normalized spacial score (nSPS) is 19.1. The second-order valence-electron chi connectivity index (χ2n) is 4.75. The van der Waals surface area contributed by atoms with E-state index in [9.17, 15) is 9.90 Å². The Labute approximate surface area is 115 Å². The first-order valence-electron chi connectivity index (χ1n) is 6.29. The predicted molar refractivity (Wildman–Crippen MR) is 71.9 cm³/mol. The molecule has 0 aliphatic carbocycles. The summed E-state index contributed by atoms with van der Waals surface area (Å²) in [4.78, 5) is 15.5. The lowest BCUT2D eigenvalue weighted by Gasteiger charge is -2.09. The summed E-state index contributed by atoms with van der Waals surface area (Å²) in [6.07, 6.45) is 2.92. The standard InChI is InChI=1S/C13H14ClN3O2/c14-10-5-1-4-9-12(13(18)19)16-11(17(9)10)7-8-3-2-6-15-8/h1,4-5,8,15H,2-3,6-7H2,(H,18,19). The molecule has 2 aromatic rings. The van der Waals surface area contributed by atoms with Gasteiger partial charge in [-0.15, -0.1) is 0 Å². The third kappa shape index (κ3) is 2.19. The summed E-state index contributed by atoms with van der Waals surface area (Å²) in [5.41, 5.74) is 0.614. The highest BCUT2D eigenvalue weighted by Crippen LogP contribution is 2.21. The van der Waals surface area contributed by atoms with Gasteiger partial charge in [-0.3, -0.25) is 4.40 Å². The third-order valence-corrected chi connectivity index (χ3v) is 3.77. The summed E-state index contributed by atoms with van der Waals surface area (Å²) in [5.74, 6) is -0.317. The van der Waals surface area contributed by atoms with Crippen LogP contribution in [-0.2, 0) is 6.42 Å². The number of aromatic nitrogens is 2. The highest BCUT2D eigenvalue weighted by Gasteiger charge is 2.22. The van der Waals surface area contributed by atoms with Crippen LogP contribution in [0.1, 0.15) is 29.2 Å². The molecule has 0 spiro atoms. The monoisotopic (exact) mass is 279 g/mol. The van der Waals surface area contributed by atoms with Gasteiger partial charge < -0.3 is 10.4 Å². The van der Waals surface area contributed by atoms with E-state index in [0.717, 1.165) is 19.4 Å². The Hall–Kier alpha value is -1.59. The third-order valence-electron chi connectivity index (χ3n) is 3.48. The van der Waals surface area contributed by atoms with Crippen molar-refractivity contribution in [1.29, 1.82) is 0 Å². The van der Waals surface area contributed by atoms with Crippen LogP contribution in [0.3, 0.4) is 0 Å². The van der Waals surface area contributed by atoms with Gasteiger partial charge in [-0.25, -0.2) is 9.78 Å². The number of hydrogen-bond acceptors (Lipinski definition) is 3. The molecule has 19 heavy (non-hydrogen) atoms. The fraction of sp³-hybridized carbons (Fsp3) is 0.385. The molecule has 1 saturated heterocycles. The Morgan fingerprint density at radius 3 is 3.11 bits per heavy atom. The van der Waals surface area contributed by atoms with Crippen molar-refractivity contribution in [1.82, 2.24) is 14.7 Å². The number of carboxylic acid groups (broad SMARTS) is 1. The highest BCUT2D eigenvalue weighted by molar-refractivity contribution is 6.29. The number of rotatable bonds is 3. The van der Waals surface area contributed by atoms with Gasteiger partial charge in [0.25, 0.3) is 0 Å². The number of carbonyl (C=O) groups is 1. The van der Waals surface area contributed by atoms with Gasteiger partial charge in [0.05, 0.1) is 5.52 Å². The second-order valence-corrected chi connectivity index (χ2v) is 5.14. The average molecular weight is 280 g/mol. The number of pyridine rings is 1. The molecule has 2 aromatic heterocycles. The molecule has 3 rings (SSSR count). The average Bonchev–Trinajstić information content (AvgIpc) is 2.98. The maximum absolute atomic E-state index is 11.2. The Morgan fingerprint density at radius 2 is 2.42 bits per heavy atom. The maximum atomic E-state index is 11.2. The van der Waals surface area contributed by atoms with Gasteiger partial charge in [0, 0.05) is 12.5 Å². The lowest BCUT2D eigenvalue weighted by Crippen LogP contribution is -2.24. The first kappa shape index (κ1) is 12.4. The van der Waals surface area contributed by atoms with Crippen LogP contribution in [0.15, 0.2) is 18.2 Å². The summed E-state index contributed by atoms with van der Waals surface area (Å²) >= 11 is 6.18. The van der Waals surface area contributed by atoms with Gasteiger partial charge in [0.2, 0.25) is 0 Å². The van der Waals surface area contributed by atoms with Crippen LogP contribution in [0.5, 0.6) is 0 Å². The van der Waals surface area contributed by atoms with Crippen molar-refractivity contribution in [3.8, 4) is 0 Å². The number of imidazole rings is 1. The molecule has 1 aliphatic rings. The summed E-state index contributed by atoms with van der Waals surface area (Å²) in [6, 6.07) is 5.56. The summed E-state index contributed by atoms with van der Waals surface area (Å²) < 4.78 is 1.73. The molecule has 1 atom stereocenters. The van der Waals surface area contributed by atoms with E-state index < -0.39 is 5.97 Å². The fourth-order valence-electron chi connectivity index (χ4n) is 2.61. The number of carboxylic acids is 1. The van der Waals surface area contributed by atoms with Crippen molar-refractivity contribution in [2.75, 3.05) is 6.54 Å². The lowest BCUT2D eigenvalue weighted by molar-refractivity contribution is 0.0693. The molecule has 5 nitrogen and oxygen atoms in total. The van der Waals surface area contributed by atoms with Crippen LogP contribution in [0.4, 0.5) is 0 Å². The Balaban J connectivity index is 2.09. The van der Waals surface area contributed by atoms with Crippen molar-refractivity contribution in [2.24, 2.45) is 0 Å². The molecule has 1 unspecified atom stereocenters. The first-order valence-corrected chi connectivity index (χ1v) is 6.67. The number of halogens is 1. The van der Waals surface area contributed by atoms with Crippen molar-refractivity contribution in [3.05, 3.63) is 34.9 Å². The number of nitrogens with one attached hydrogen (secondary N) is 1. The Bertz CT molecular complexity index is 632. The topological polar surface area (TPSA) is 66.6 Å². The number of hydrogen-bond donors (Lipinski definition) is 2. The SMILES string of the molecule is O=C(O)c1nc(CC2CCCN2)n2c(Cl)cccc12. The zero-order chi connectivity index (χ0) is 13.4. The van der Waals surface area contributed by atoms with E-state index in [1.54, 1.807) is 22.6 Å². The number of aromatic carboxylic acids is 1. The molecule has 2 N–H and O–H groups in total. The van der Waals surface area contributed by atoms with E-state index in [-0.39, 0.29) is 5.69 Å². The second kappa shape index (κ2) is 4.83. The molecular weight excluding hydrogens is 266 g/mol. The fourth-order valence-corrected chi connectivity index (χ4v) is 2.87. The van der Waals surface area contributed by atoms with Gasteiger partial charge in [0.1, 0.15) is 11.0 Å². The summed E-state index contributed by atoms with van der Waals surface area (Å²) in [5, 5.41) is 13.1. The molecule has 1 fully saturated rings. The van der Waals surface area contributed by atoms with Crippen LogP contribution in [-0.4, -0.2) is 33.0 Å². The van der Waals surface area contributed by atoms with E-state index in [4.69, 9.17) is 11.6 Å². The lowest BCUT2D eigenvalue weighted by atomic mass is 10.1. The molecule has 0 amide bonds. The van der Waals surface area contributed by atoms with Gasteiger partial charge in [-0.1, -0.05) is 17.7 Å². The molecule has 100 valence electrons. The van der Waals surface area contributed by atoms with E-state index >= 15 is 0 Å². The number of fused-ring (bicyclic) bond motifs is 1. The van der Waals surface area contributed by atoms with Crippen LogP contribution < -0.4 is 5.32 Å². The molecule has 0 saturated carbocycles. The Morgan fingerprint density at radius 1 is 1.58 bits per heavy atom. The van der Waals surface area contributed by atoms with Crippen molar-refractivity contribution in [2.45, 2.75) is 25.3 Å². The summed E-state index contributed by atoms with van der Waals surface area (Å²) in [7, 11) is 0. The molecule has 6 heteroatoms. The van der Waals surface area contributed by atoms with Crippen LogP contribution in [0.2, 0.25) is 5.15 Å². The molecular formula is C13H14ClN3O2. The highest BCUT2D eigenvalue weighted by atomic mass is 35.5. The quantitative estimate of drug-likeness (QED) is 0.843. The first-order chi connectivity index (χ1) is 9.16. The number of nitrogens with zero attached hydrogens (tertiary/aromatic N) is 2. The van der Waals surface area contributed by atoms with Crippen LogP contribution in [0, 0.1) is 0 Å². The molecule has 3 heterocycles. The van der Waals surface area contributed by atoms with Crippen molar-refractivity contribution in [3.63, 3.8) is 0 Å². The van der Waals surface area contributed by atoms with Crippen LogP contribution >= 0.6 is 11.6 Å². The largest absolute Gasteiger partial charge is 0.476 e. The van der Waals surface area contributed by atoms with E-state index in [1.165, 1.54) is 0 Å². The smallest absolute Gasteiger partial charge is 0.356 e. The minimum absolute atomic E-state index is 0.0653. The predicted octanol–water partition coefficient (Wildman–Crippen LogP) is 1.98. The zero-order valence-electron chi connectivity index (χ0n) is 10.3. The molecule has 1 aliphatic heterocycles. The van der Waals surface area contributed by atoms with Gasteiger partial charge in [0.15, 0.2) is 5.69 Å². The van der Waals surface area contributed by atoms with Gasteiger partial charge in [-0.2, -0.15) is 0 Å². The zero-order valence-corrected chi connectivity index (χ0v) is 11.0. The molecule has 0 radical (unpaired) electrons. The molecule has 0 aromatic carbocycles. The van der Waals surface area contributed by atoms with E-state index in [0.29, 0.717) is 29.0 Å². The molecule has 0 bridgehead atoms. The summed E-state index contributed by atoms with van der Waals surface area (Å²) in [6.45, 7) is 1.01.